The largest absolute Gasteiger partial charge is 0.367 e. The first-order chi connectivity index (χ1) is 8.85. The molecule has 5 nitrogen and oxygen atoms in total. The number of aromatic nitrogens is 2. The van der Waals surface area contributed by atoms with E-state index >= 15 is 0 Å². The van der Waals surface area contributed by atoms with Crippen molar-refractivity contribution in [2.45, 2.75) is 31.7 Å². The molecule has 0 spiro atoms. The van der Waals surface area contributed by atoms with E-state index in [0.717, 1.165) is 37.6 Å². The molecule has 0 radical (unpaired) electrons. The molecule has 2 heterocycles. The van der Waals surface area contributed by atoms with E-state index in [-0.39, 0.29) is 5.92 Å². The molecule has 2 aliphatic rings. The van der Waals surface area contributed by atoms with Crippen molar-refractivity contribution < 1.29 is 0 Å². The van der Waals surface area contributed by atoms with Crippen LogP contribution in [-0.2, 0) is 0 Å². The molecule has 0 aromatic carbocycles. The minimum atomic E-state index is 0.133. The Kier molecular flexibility index (Phi) is 3.01. The monoisotopic (exact) mass is 243 g/mol. The zero-order chi connectivity index (χ0) is 12.4. The summed E-state index contributed by atoms with van der Waals surface area (Å²) >= 11 is 0. The van der Waals surface area contributed by atoms with Crippen LogP contribution in [0.5, 0.6) is 0 Å². The first kappa shape index (κ1) is 11.3. The minimum absolute atomic E-state index is 0.133. The van der Waals surface area contributed by atoms with Crippen LogP contribution in [0.4, 0.5) is 11.6 Å². The highest BCUT2D eigenvalue weighted by Crippen LogP contribution is 2.26. The van der Waals surface area contributed by atoms with Crippen molar-refractivity contribution in [1.29, 1.82) is 5.26 Å². The highest BCUT2D eigenvalue weighted by Gasteiger charge is 2.23. The lowest BCUT2D eigenvalue weighted by atomic mass is 10.00. The Morgan fingerprint density at radius 2 is 2.22 bits per heavy atom. The van der Waals surface area contributed by atoms with E-state index in [9.17, 15) is 0 Å². The second kappa shape index (κ2) is 4.81. The summed E-state index contributed by atoms with van der Waals surface area (Å²) in [6.45, 7) is 1.77. The van der Waals surface area contributed by atoms with Gasteiger partial charge in [0.1, 0.15) is 18.0 Å². The maximum absolute atomic E-state index is 9.02. The molecule has 1 aliphatic heterocycles. The Morgan fingerprint density at radius 1 is 1.33 bits per heavy atom. The molecular formula is C13H17N5. The fraction of sp³-hybridized carbons (Fsp3) is 0.615. The maximum atomic E-state index is 9.02. The van der Waals surface area contributed by atoms with Crippen LogP contribution in [0, 0.1) is 17.2 Å². The molecule has 1 N–H and O–H groups in total. The van der Waals surface area contributed by atoms with Gasteiger partial charge in [0, 0.05) is 25.2 Å². The second-order valence-corrected chi connectivity index (χ2v) is 5.09. The zero-order valence-corrected chi connectivity index (χ0v) is 10.3. The Morgan fingerprint density at radius 3 is 3.00 bits per heavy atom. The number of rotatable bonds is 3. The maximum Gasteiger partial charge on any atom is 0.134 e. The number of nitriles is 1. The molecule has 94 valence electrons. The van der Waals surface area contributed by atoms with Crippen molar-refractivity contribution in [3.05, 3.63) is 12.4 Å². The smallest absolute Gasteiger partial charge is 0.134 e. The average Bonchev–Trinajstić information content (AvgIpc) is 3.23. The van der Waals surface area contributed by atoms with Gasteiger partial charge >= 0.3 is 0 Å². The van der Waals surface area contributed by atoms with E-state index < -0.39 is 0 Å². The average molecular weight is 243 g/mol. The van der Waals surface area contributed by atoms with E-state index in [1.165, 1.54) is 12.8 Å². The molecule has 0 amide bonds. The predicted molar refractivity (Wildman–Crippen MR) is 69.2 cm³/mol. The van der Waals surface area contributed by atoms with Crippen molar-refractivity contribution in [2.24, 2.45) is 5.92 Å². The molecular weight excluding hydrogens is 226 g/mol. The van der Waals surface area contributed by atoms with Crippen LogP contribution < -0.4 is 10.2 Å². The van der Waals surface area contributed by atoms with Crippen molar-refractivity contribution >= 4 is 11.6 Å². The van der Waals surface area contributed by atoms with Gasteiger partial charge in [-0.25, -0.2) is 9.97 Å². The van der Waals surface area contributed by atoms with Crippen molar-refractivity contribution in [3.63, 3.8) is 0 Å². The summed E-state index contributed by atoms with van der Waals surface area (Å²) < 4.78 is 0. The van der Waals surface area contributed by atoms with E-state index in [4.69, 9.17) is 5.26 Å². The molecule has 1 atom stereocenters. The minimum Gasteiger partial charge on any atom is -0.367 e. The Balaban J connectivity index is 1.72. The molecule has 1 unspecified atom stereocenters. The van der Waals surface area contributed by atoms with Crippen molar-refractivity contribution in [3.8, 4) is 6.07 Å². The summed E-state index contributed by atoms with van der Waals surface area (Å²) in [5.74, 6) is 1.98. The van der Waals surface area contributed by atoms with Gasteiger partial charge in [-0.3, -0.25) is 0 Å². The van der Waals surface area contributed by atoms with Crippen molar-refractivity contribution in [1.82, 2.24) is 9.97 Å². The lowest BCUT2D eigenvalue weighted by molar-refractivity contribution is 0.490. The van der Waals surface area contributed by atoms with Gasteiger partial charge in [-0.1, -0.05) is 0 Å². The Hall–Kier alpha value is -1.83. The van der Waals surface area contributed by atoms with Gasteiger partial charge in [0.2, 0.25) is 0 Å². The third-order valence-electron chi connectivity index (χ3n) is 3.51. The number of hydrogen-bond donors (Lipinski definition) is 1. The van der Waals surface area contributed by atoms with Gasteiger partial charge in [0.05, 0.1) is 12.0 Å². The number of nitrogens with zero attached hydrogens (tertiary/aromatic N) is 4. The van der Waals surface area contributed by atoms with Crippen LogP contribution in [0.3, 0.4) is 0 Å². The van der Waals surface area contributed by atoms with Gasteiger partial charge < -0.3 is 10.2 Å². The molecule has 1 aromatic rings. The van der Waals surface area contributed by atoms with E-state index in [0.29, 0.717) is 6.04 Å². The summed E-state index contributed by atoms with van der Waals surface area (Å²) in [6.07, 6.45) is 6.15. The fourth-order valence-electron chi connectivity index (χ4n) is 2.33. The summed E-state index contributed by atoms with van der Waals surface area (Å²) in [6, 6.07) is 4.96. The van der Waals surface area contributed by atoms with E-state index in [1.54, 1.807) is 6.33 Å². The molecule has 1 aliphatic carbocycles. The first-order valence-electron chi connectivity index (χ1n) is 6.58. The van der Waals surface area contributed by atoms with Gasteiger partial charge in [-0.15, -0.1) is 0 Å². The van der Waals surface area contributed by atoms with Gasteiger partial charge in [0.25, 0.3) is 0 Å². The SMILES string of the molecule is N#CC1CCCN(c2cc(NC3CC3)ncn2)C1. The Bertz CT molecular complexity index is 463. The van der Waals surface area contributed by atoms with E-state index in [2.05, 4.69) is 26.3 Å². The summed E-state index contributed by atoms with van der Waals surface area (Å²) in [5, 5.41) is 12.4. The standard InChI is InChI=1S/C13H17N5/c14-7-10-2-1-5-18(8-10)13-6-12(15-9-16-13)17-11-3-4-11/h6,9-11H,1-5,8H2,(H,15,16,17). The first-order valence-corrected chi connectivity index (χ1v) is 6.58. The number of anilines is 2. The summed E-state index contributed by atoms with van der Waals surface area (Å²) in [7, 11) is 0. The predicted octanol–water partition coefficient (Wildman–Crippen LogP) is 1.79. The third-order valence-corrected chi connectivity index (χ3v) is 3.51. The molecule has 1 aromatic heterocycles. The van der Waals surface area contributed by atoms with Gasteiger partial charge in [0.15, 0.2) is 0 Å². The highest BCUT2D eigenvalue weighted by molar-refractivity contribution is 5.49. The highest BCUT2D eigenvalue weighted by atomic mass is 15.2. The van der Waals surface area contributed by atoms with Crippen LogP contribution in [0.15, 0.2) is 12.4 Å². The zero-order valence-electron chi connectivity index (χ0n) is 10.3. The van der Waals surface area contributed by atoms with Crippen LogP contribution >= 0.6 is 0 Å². The number of piperidine rings is 1. The van der Waals surface area contributed by atoms with Crippen molar-refractivity contribution in [2.75, 3.05) is 23.3 Å². The molecule has 3 rings (SSSR count). The molecule has 1 saturated carbocycles. The van der Waals surface area contributed by atoms with Crippen LogP contribution in [0.1, 0.15) is 25.7 Å². The molecule has 5 heteroatoms. The fourth-order valence-corrected chi connectivity index (χ4v) is 2.33. The lowest BCUT2D eigenvalue weighted by Gasteiger charge is -2.30. The molecule has 18 heavy (non-hydrogen) atoms. The van der Waals surface area contributed by atoms with Crippen LogP contribution in [0.25, 0.3) is 0 Å². The lowest BCUT2D eigenvalue weighted by Crippen LogP contribution is -2.35. The normalized spacial score (nSPS) is 23.5. The number of hydrogen-bond acceptors (Lipinski definition) is 5. The molecule has 2 fully saturated rings. The van der Waals surface area contributed by atoms with Gasteiger partial charge in [-0.05, 0) is 25.7 Å². The molecule has 1 saturated heterocycles. The summed E-state index contributed by atoms with van der Waals surface area (Å²) in [5.41, 5.74) is 0. The number of nitrogens with one attached hydrogen (secondary N) is 1. The van der Waals surface area contributed by atoms with Crippen LogP contribution in [-0.4, -0.2) is 29.1 Å². The van der Waals surface area contributed by atoms with Gasteiger partial charge in [-0.2, -0.15) is 5.26 Å². The molecule has 0 bridgehead atoms. The second-order valence-electron chi connectivity index (χ2n) is 5.09. The quantitative estimate of drug-likeness (QED) is 0.876. The van der Waals surface area contributed by atoms with E-state index in [1.807, 2.05) is 6.07 Å². The third kappa shape index (κ3) is 2.53. The topological polar surface area (TPSA) is 64.8 Å². The summed E-state index contributed by atoms with van der Waals surface area (Å²) in [4.78, 5) is 10.8. The Labute approximate surface area is 107 Å². The van der Waals surface area contributed by atoms with Crippen LogP contribution in [0.2, 0.25) is 0 Å².